The summed E-state index contributed by atoms with van der Waals surface area (Å²) < 4.78 is 0. The van der Waals surface area contributed by atoms with Crippen molar-refractivity contribution in [2.75, 3.05) is 13.1 Å². The highest BCUT2D eigenvalue weighted by Crippen LogP contribution is 2.24. The number of benzene rings is 1. The number of nitrogens with zero attached hydrogens (tertiary/aromatic N) is 1. The predicted molar refractivity (Wildman–Crippen MR) is 87.9 cm³/mol. The van der Waals surface area contributed by atoms with Crippen molar-refractivity contribution in [1.29, 1.82) is 0 Å². The molecule has 2 rings (SSSR count). The highest BCUT2D eigenvalue weighted by Gasteiger charge is 2.26. The van der Waals surface area contributed by atoms with Crippen molar-refractivity contribution in [3.05, 3.63) is 34.9 Å². The minimum Gasteiger partial charge on any atom is -0.337 e. The highest BCUT2D eigenvalue weighted by molar-refractivity contribution is 6.30. The Hall–Kier alpha value is -1.22. The van der Waals surface area contributed by atoms with Gasteiger partial charge in [-0.2, -0.15) is 0 Å². The van der Waals surface area contributed by atoms with Gasteiger partial charge in [0.05, 0.1) is 0 Å². The molecule has 1 aliphatic rings. The van der Waals surface area contributed by atoms with E-state index in [2.05, 4.69) is 26.1 Å². The van der Waals surface area contributed by atoms with Gasteiger partial charge in [-0.1, -0.05) is 37.6 Å². The SMILES string of the molecule is CC1CCCCN1C(=O)NCC(C)(C)c1ccc(Cl)cc1. The monoisotopic (exact) mass is 308 g/mol. The first-order valence-corrected chi connectivity index (χ1v) is 8.08. The van der Waals surface area contributed by atoms with E-state index in [9.17, 15) is 4.79 Å². The van der Waals surface area contributed by atoms with Crippen molar-refractivity contribution in [1.82, 2.24) is 10.2 Å². The maximum Gasteiger partial charge on any atom is 0.317 e. The van der Waals surface area contributed by atoms with Crippen molar-refractivity contribution in [3.8, 4) is 0 Å². The average Bonchev–Trinajstić information content (AvgIpc) is 2.46. The predicted octanol–water partition coefficient (Wildman–Crippen LogP) is 4.20. The van der Waals surface area contributed by atoms with Crippen LogP contribution in [0.25, 0.3) is 0 Å². The molecule has 1 aromatic carbocycles. The van der Waals surface area contributed by atoms with Crippen LogP contribution in [0.5, 0.6) is 0 Å². The third-order valence-electron chi connectivity index (χ3n) is 4.37. The first-order chi connectivity index (χ1) is 9.90. The van der Waals surface area contributed by atoms with Crippen molar-refractivity contribution >= 4 is 17.6 Å². The largest absolute Gasteiger partial charge is 0.337 e. The second kappa shape index (κ2) is 6.69. The van der Waals surface area contributed by atoms with Gasteiger partial charge in [0.15, 0.2) is 0 Å². The van der Waals surface area contributed by atoms with Gasteiger partial charge in [-0.15, -0.1) is 0 Å². The van der Waals surface area contributed by atoms with Gasteiger partial charge in [-0.25, -0.2) is 4.79 Å². The molecule has 1 atom stereocenters. The van der Waals surface area contributed by atoms with Gasteiger partial charge in [0, 0.05) is 29.6 Å². The summed E-state index contributed by atoms with van der Waals surface area (Å²) in [6, 6.07) is 8.25. The topological polar surface area (TPSA) is 32.3 Å². The lowest BCUT2D eigenvalue weighted by Gasteiger charge is -2.35. The molecule has 1 aliphatic heterocycles. The molecular formula is C17H25ClN2O. The van der Waals surface area contributed by atoms with E-state index in [0.29, 0.717) is 12.6 Å². The van der Waals surface area contributed by atoms with Crippen LogP contribution in [0.3, 0.4) is 0 Å². The number of amides is 2. The van der Waals surface area contributed by atoms with E-state index >= 15 is 0 Å². The van der Waals surface area contributed by atoms with E-state index in [1.165, 1.54) is 12.0 Å². The Morgan fingerprint density at radius 2 is 2.00 bits per heavy atom. The van der Waals surface area contributed by atoms with Gasteiger partial charge in [0.1, 0.15) is 0 Å². The van der Waals surface area contributed by atoms with E-state index in [-0.39, 0.29) is 11.4 Å². The highest BCUT2D eigenvalue weighted by atomic mass is 35.5. The van der Waals surface area contributed by atoms with Crippen molar-refractivity contribution in [3.63, 3.8) is 0 Å². The van der Waals surface area contributed by atoms with E-state index in [4.69, 9.17) is 11.6 Å². The standard InChI is InChI=1S/C17H25ClN2O/c1-13-6-4-5-11-20(13)16(21)19-12-17(2,3)14-7-9-15(18)10-8-14/h7-10,13H,4-6,11-12H2,1-3H3,(H,19,21). The molecule has 0 radical (unpaired) electrons. The van der Waals surface area contributed by atoms with E-state index in [1.54, 1.807) is 0 Å². The molecular weight excluding hydrogens is 284 g/mol. The number of carbonyl (C=O) groups is 1. The van der Waals surface area contributed by atoms with Crippen LogP contribution in [0, 0.1) is 0 Å². The summed E-state index contributed by atoms with van der Waals surface area (Å²) in [5.74, 6) is 0. The Labute approximate surface area is 132 Å². The minimum atomic E-state index is -0.112. The molecule has 1 fully saturated rings. The maximum atomic E-state index is 12.3. The lowest BCUT2D eigenvalue weighted by molar-refractivity contribution is 0.156. The molecule has 0 spiro atoms. The van der Waals surface area contributed by atoms with Crippen LogP contribution in [0.15, 0.2) is 24.3 Å². The molecule has 1 aromatic rings. The number of urea groups is 1. The zero-order valence-corrected chi connectivity index (χ0v) is 13.9. The summed E-state index contributed by atoms with van der Waals surface area (Å²) in [6.45, 7) is 7.89. The first-order valence-electron chi connectivity index (χ1n) is 7.71. The second-order valence-electron chi connectivity index (χ2n) is 6.59. The molecule has 1 N–H and O–H groups in total. The Kier molecular flexibility index (Phi) is 5.15. The number of hydrogen-bond acceptors (Lipinski definition) is 1. The van der Waals surface area contributed by atoms with Crippen molar-refractivity contribution in [2.45, 2.75) is 51.5 Å². The van der Waals surface area contributed by atoms with E-state index in [0.717, 1.165) is 24.4 Å². The van der Waals surface area contributed by atoms with E-state index in [1.807, 2.05) is 29.2 Å². The minimum absolute atomic E-state index is 0.0595. The number of rotatable bonds is 3. The lowest BCUT2D eigenvalue weighted by atomic mass is 9.84. The number of likely N-dealkylation sites (tertiary alicyclic amines) is 1. The van der Waals surface area contributed by atoms with Crippen LogP contribution in [-0.2, 0) is 5.41 Å². The van der Waals surface area contributed by atoms with Crippen molar-refractivity contribution in [2.24, 2.45) is 0 Å². The normalized spacial score (nSPS) is 19.4. The molecule has 4 heteroatoms. The zero-order chi connectivity index (χ0) is 15.5. The fourth-order valence-electron chi connectivity index (χ4n) is 2.80. The van der Waals surface area contributed by atoms with Crippen LogP contribution in [-0.4, -0.2) is 30.1 Å². The van der Waals surface area contributed by atoms with Gasteiger partial charge in [0.25, 0.3) is 0 Å². The molecule has 2 amide bonds. The molecule has 0 saturated carbocycles. The van der Waals surface area contributed by atoms with Gasteiger partial charge < -0.3 is 10.2 Å². The lowest BCUT2D eigenvalue weighted by Crippen LogP contribution is -2.49. The molecule has 1 unspecified atom stereocenters. The third-order valence-corrected chi connectivity index (χ3v) is 4.62. The smallest absolute Gasteiger partial charge is 0.317 e. The number of nitrogens with one attached hydrogen (secondary N) is 1. The Balaban J connectivity index is 1.94. The molecule has 0 aliphatic carbocycles. The summed E-state index contributed by atoms with van der Waals surface area (Å²) in [5, 5.41) is 3.83. The van der Waals surface area contributed by atoms with E-state index < -0.39 is 0 Å². The molecule has 1 heterocycles. The molecule has 3 nitrogen and oxygen atoms in total. The number of piperidine rings is 1. The molecule has 116 valence electrons. The molecule has 21 heavy (non-hydrogen) atoms. The second-order valence-corrected chi connectivity index (χ2v) is 7.02. The number of hydrogen-bond donors (Lipinski definition) is 1. The van der Waals surface area contributed by atoms with Crippen LogP contribution >= 0.6 is 11.6 Å². The summed E-state index contributed by atoms with van der Waals surface area (Å²) in [6.07, 6.45) is 3.44. The summed E-state index contributed by atoms with van der Waals surface area (Å²) >= 11 is 5.93. The van der Waals surface area contributed by atoms with Crippen LogP contribution < -0.4 is 5.32 Å². The molecule has 0 bridgehead atoms. The maximum absolute atomic E-state index is 12.3. The van der Waals surface area contributed by atoms with Crippen LogP contribution in [0.1, 0.15) is 45.6 Å². The Morgan fingerprint density at radius 3 is 2.62 bits per heavy atom. The fraction of sp³-hybridized carbons (Fsp3) is 0.588. The average molecular weight is 309 g/mol. The summed E-state index contributed by atoms with van der Waals surface area (Å²) in [5.41, 5.74) is 1.07. The van der Waals surface area contributed by atoms with Gasteiger partial charge in [-0.05, 0) is 43.9 Å². The molecule has 0 aromatic heterocycles. The fourth-order valence-corrected chi connectivity index (χ4v) is 2.93. The van der Waals surface area contributed by atoms with Gasteiger partial charge in [0.2, 0.25) is 0 Å². The van der Waals surface area contributed by atoms with Crippen LogP contribution in [0.4, 0.5) is 4.79 Å². The Morgan fingerprint density at radius 1 is 1.33 bits per heavy atom. The third kappa shape index (κ3) is 4.13. The zero-order valence-electron chi connectivity index (χ0n) is 13.2. The Bertz CT molecular complexity index is 484. The quantitative estimate of drug-likeness (QED) is 0.891. The van der Waals surface area contributed by atoms with Crippen molar-refractivity contribution < 1.29 is 4.79 Å². The van der Waals surface area contributed by atoms with Gasteiger partial charge >= 0.3 is 6.03 Å². The first kappa shape index (κ1) is 16.2. The van der Waals surface area contributed by atoms with Gasteiger partial charge in [-0.3, -0.25) is 0 Å². The number of carbonyl (C=O) groups excluding carboxylic acids is 1. The van der Waals surface area contributed by atoms with Crippen LogP contribution in [0.2, 0.25) is 5.02 Å². The number of halogens is 1. The summed E-state index contributed by atoms with van der Waals surface area (Å²) in [7, 11) is 0. The molecule has 1 saturated heterocycles. The summed E-state index contributed by atoms with van der Waals surface area (Å²) in [4.78, 5) is 14.3.